The van der Waals surface area contributed by atoms with Crippen LogP contribution in [0.15, 0.2) is 18.1 Å². The predicted molar refractivity (Wildman–Crippen MR) is 84.9 cm³/mol. The average Bonchev–Trinajstić information content (AvgIpc) is 2.59. The molecular weight excluding hydrogens is 267 g/mol. The van der Waals surface area contributed by atoms with E-state index in [1.54, 1.807) is 18.2 Å². The third kappa shape index (κ3) is 3.39. The summed E-state index contributed by atoms with van der Waals surface area (Å²) in [4.78, 5) is 4.35. The van der Waals surface area contributed by atoms with Crippen LogP contribution in [0.4, 0.5) is 5.69 Å². The fourth-order valence-electron chi connectivity index (χ4n) is 1.97. The zero-order valence-electron chi connectivity index (χ0n) is 13.3. The van der Waals surface area contributed by atoms with Crippen LogP contribution in [0, 0.1) is 0 Å². The predicted octanol–water partition coefficient (Wildman–Crippen LogP) is 2.71. The molecule has 0 amide bonds. The Balaban J connectivity index is 2.14. The molecule has 0 bridgehead atoms. The first-order valence-electron chi connectivity index (χ1n) is 7.18. The summed E-state index contributed by atoms with van der Waals surface area (Å²) in [6.07, 6.45) is 1.81. The van der Waals surface area contributed by atoms with Gasteiger partial charge >= 0.3 is 7.12 Å². The summed E-state index contributed by atoms with van der Waals surface area (Å²) >= 11 is 0. The number of aromatic nitrogens is 1. The number of nitrogen functional groups attached to an aromatic ring is 1. The van der Waals surface area contributed by atoms with Gasteiger partial charge in [-0.25, -0.2) is 4.98 Å². The Morgan fingerprint density at radius 2 is 1.86 bits per heavy atom. The standard InChI is InChI=1S/C15H23BN2O3/c1-6-19-13-8-7-11(17)12(18-13)9-10-16-20-14(2,3)15(4,5)21-16/h7-10H,6,17H2,1-5H3/b10-9+. The van der Waals surface area contributed by atoms with Crippen molar-refractivity contribution in [3.8, 4) is 5.88 Å². The second-order valence-electron chi connectivity index (χ2n) is 6.04. The van der Waals surface area contributed by atoms with Crippen molar-refractivity contribution in [1.29, 1.82) is 0 Å². The van der Waals surface area contributed by atoms with Crippen LogP contribution >= 0.6 is 0 Å². The third-order valence-corrected chi connectivity index (χ3v) is 3.91. The van der Waals surface area contributed by atoms with Gasteiger partial charge in [-0.3, -0.25) is 0 Å². The van der Waals surface area contributed by atoms with Gasteiger partial charge in [-0.05, 0) is 46.8 Å². The van der Waals surface area contributed by atoms with Crippen molar-refractivity contribution in [3.05, 3.63) is 23.8 Å². The number of pyridine rings is 1. The number of ether oxygens (including phenoxy) is 1. The van der Waals surface area contributed by atoms with Crippen LogP contribution in [0.5, 0.6) is 5.88 Å². The molecule has 1 aromatic rings. The molecule has 0 unspecified atom stereocenters. The van der Waals surface area contributed by atoms with E-state index in [1.807, 2.05) is 40.6 Å². The smallest absolute Gasteiger partial charge is 0.478 e. The number of hydrogen-bond acceptors (Lipinski definition) is 5. The summed E-state index contributed by atoms with van der Waals surface area (Å²) in [5.74, 6) is 2.38. The Kier molecular flexibility index (Phi) is 4.30. The quantitative estimate of drug-likeness (QED) is 0.864. The van der Waals surface area contributed by atoms with Crippen molar-refractivity contribution in [2.45, 2.75) is 45.8 Å². The van der Waals surface area contributed by atoms with Crippen molar-refractivity contribution in [2.75, 3.05) is 12.3 Å². The topological polar surface area (TPSA) is 66.6 Å². The molecule has 5 nitrogen and oxygen atoms in total. The van der Waals surface area contributed by atoms with E-state index in [9.17, 15) is 0 Å². The number of nitrogens with two attached hydrogens (primary N) is 1. The van der Waals surface area contributed by atoms with E-state index < -0.39 is 7.12 Å². The van der Waals surface area contributed by atoms with Crippen LogP contribution in [-0.4, -0.2) is 29.9 Å². The zero-order chi connectivity index (χ0) is 15.7. The first-order chi connectivity index (χ1) is 9.75. The molecule has 2 heterocycles. The lowest BCUT2D eigenvalue weighted by atomic mass is 9.89. The molecule has 114 valence electrons. The molecule has 0 aliphatic carbocycles. The average molecular weight is 290 g/mol. The molecule has 0 saturated carbocycles. The SMILES string of the molecule is CCOc1ccc(N)c(/C=C/B2OC(C)(C)C(C)(C)O2)n1. The van der Waals surface area contributed by atoms with E-state index in [0.717, 1.165) is 0 Å². The largest absolute Gasteiger partial charge is 0.487 e. The van der Waals surface area contributed by atoms with Crippen LogP contribution in [0.3, 0.4) is 0 Å². The summed E-state index contributed by atoms with van der Waals surface area (Å²) in [5.41, 5.74) is 6.46. The van der Waals surface area contributed by atoms with Crippen molar-refractivity contribution in [2.24, 2.45) is 0 Å². The Morgan fingerprint density at radius 3 is 2.43 bits per heavy atom. The van der Waals surface area contributed by atoms with Crippen LogP contribution < -0.4 is 10.5 Å². The monoisotopic (exact) mass is 290 g/mol. The van der Waals surface area contributed by atoms with Gasteiger partial charge in [0.25, 0.3) is 0 Å². The molecular formula is C15H23BN2O3. The summed E-state index contributed by atoms with van der Waals surface area (Å²) in [7, 11) is -0.410. The first-order valence-corrected chi connectivity index (χ1v) is 7.18. The molecule has 1 fully saturated rings. The number of hydrogen-bond donors (Lipinski definition) is 1. The highest BCUT2D eigenvalue weighted by atomic mass is 16.7. The summed E-state index contributed by atoms with van der Waals surface area (Å²) < 4.78 is 17.2. The molecule has 1 aliphatic heterocycles. The van der Waals surface area contributed by atoms with Gasteiger partial charge < -0.3 is 19.8 Å². The minimum atomic E-state index is -0.410. The van der Waals surface area contributed by atoms with Crippen molar-refractivity contribution in [3.63, 3.8) is 0 Å². The van der Waals surface area contributed by atoms with Crippen molar-refractivity contribution >= 4 is 18.9 Å². The van der Waals surface area contributed by atoms with Crippen LogP contribution in [0.2, 0.25) is 0 Å². The van der Waals surface area contributed by atoms with Gasteiger partial charge in [0.15, 0.2) is 0 Å². The van der Waals surface area contributed by atoms with E-state index in [0.29, 0.717) is 23.9 Å². The van der Waals surface area contributed by atoms with Gasteiger partial charge in [0.05, 0.1) is 29.2 Å². The summed E-state index contributed by atoms with van der Waals surface area (Å²) in [6, 6.07) is 3.53. The molecule has 1 saturated heterocycles. The Hall–Kier alpha value is -1.53. The van der Waals surface area contributed by atoms with Gasteiger partial charge in [0, 0.05) is 6.07 Å². The van der Waals surface area contributed by atoms with Crippen LogP contribution in [0.1, 0.15) is 40.3 Å². The van der Waals surface area contributed by atoms with Gasteiger partial charge in [-0.15, -0.1) is 0 Å². The molecule has 6 heteroatoms. The highest BCUT2D eigenvalue weighted by Crippen LogP contribution is 2.37. The highest BCUT2D eigenvalue weighted by Gasteiger charge is 2.50. The normalized spacial score (nSPS) is 20.1. The highest BCUT2D eigenvalue weighted by molar-refractivity contribution is 6.52. The van der Waals surface area contributed by atoms with Gasteiger partial charge in [-0.1, -0.05) is 5.98 Å². The zero-order valence-corrected chi connectivity index (χ0v) is 13.3. The first kappa shape index (κ1) is 15.9. The Labute approximate surface area is 126 Å². The number of rotatable bonds is 4. The van der Waals surface area contributed by atoms with Crippen LogP contribution in [0.25, 0.3) is 6.08 Å². The van der Waals surface area contributed by atoms with E-state index in [-0.39, 0.29) is 11.2 Å². The maximum Gasteiger partial charge on any atom is 0.487 e. The number of anilines is 1. The summed E-state index contributed by atoms with van der Waals surface area (Å²) in [6.45, 7) is 10.5. The molecule has 0 spiro atoms. The van der Waals surface area contributed by atoms with Crippen LogP contribution in [-0.2, 0) is 9.31 Å². The fraction of sp³-hybridized carbons (Fsp3) is 0.533. The molecule has 0 aromatic carbocycles. The fourth-order valence-corrected chi connectivity index (χ4v) is 1.97. The maximum absolute atomic E-state index is 5.93. The third-order valence-electron chi connectivity index (χ3n) is 3.91. The van der Waals surface area contributed by atoms with Gasteiger partial charge in [-0.2, -0.15) is 0 Å². The molecule has 0 atom stereocenters. The van der Waals surface area contributed by atoms with E-state index in [1.165, 1.54) is 0 Å². The molecule has 1 aliphatic rings. The molecule has 2 rings (SSSR count). The van der Waals surface area contributed by atoms with E-state index >= 15 is 0 Å². The molecule has 21 heavy (non-hydrogen) atoms. The van der Waals surface area contributed by atoms with E-state index in [2.05, 4.69) is 4.98 Å². The van der Waals surface area contributed by atoms with E-state index in [4.69, 9.17) is 19.8 Å². The minimum absolute atomic E-state index is 0.353. The Bertz CT molecular complexity index is 528. The lowest BCUT2D eigenvalue weighted by Gasteiger charge is -2.32. The molecule has 0 radical (unpaired) electrons. The summed E-state index contributed by atoms with van der Waals surface area (Å²) in [5, 5.41) is 0. The number of nitrogens with zero attached hydrogens (tertiary/aromatic N) is 1. The van der Waals surface area contributed by atoms with Crippen molar-refractivity contribution < 1.29 is 14.0 Å². The lowest BCUT2D eigenvalue weighted by molar-refractivity contribution is 0.00578. The minimum Gasteiger partial charge on any atom is -0.478 e. The Morgan fingerprint density at radius 1 is 1.24 bits per heavy atom. The van der Waals surface area contributed by atoms with Gasteiger partial charge in [0.1, 0.15) is 0 Å². The second-order valence-corrected chi connectivity index (χ2v) is 6.04. The molecule has 2 N–H and O–H groups in total. The molecule has 1 aromatic heterocycles. The van der Waals surface area contributed by atoms with Gasteiger partial charge in [0.2, 0.25) is 5.88 Å². The maximum atomic E-state index is 5.93. The lowest BCUT2D eigenvalue weighted by Crippen LogP contribution is -2.41. The van der Waals surface area contributed by atoms with Crippen molar-refractivity contribution in [1.82, 2.24) is 4.98 Å². The second kappa shape index (κ2) is 5.69.